The number of hydrogen-bond donors (Lipinski definition) is 2. The van der Waals surface area contributed by atoms with Gasteiger partial charge >= 0.3 is 0 Å². The van der Waals surface area contributed by atoms with Crippen molar-refractivity contribution in [2.75, 3.05) is 12.4 Å². The van der Waals surface area contributed by atoms with Crippen LogP contribution in [0.15, 0.2) is 29.3 Å². The Labute approximate surface area is 124 Å². The van der Waals surface area contributed by atoms with E-state index in [4.69, 9.17) is 0 Å². The predicted molar refractivity (Wildman–Crippen MR) is 79.2 cm³/mol. The Bertz CT molecular complexity index is 614. The molecule has 2 N–H and O–H groups in total. The van der Waals surface area contributed by atoms with E-state index in [0.717, 1.165) is 0 Å². The van der Waals surface area contributed by atoms with Crippen LogP contribution in [-0.4, -0.2) is 34.2 Å². The van der Waals surface area contributed by atoms with Gasteiger partial charge in [-0.3, -0.25) is 24.7 Å². The van der Waals surface area contributed by atoms with Crippen molar-refractivity contribution in [2.45, 2.75) is 11.7 Å². The van der Waals surface area contributed by atoms with Crippen LogP contribution in [0, 0.1) is 10.1 Å². The van der Waals surface area contributed by atoms with E-state index in [9.17, 15) is 19.7 Å². The lowest BCUT2D eigenvalue weighted by Gasteiger charge is -2.21. The van der Waals surface area contributed by atoms with Crippen molar-refractivity contribution in [3.05, 3.63) is 34.4 Å². The number of thioether (sulfide) groups is 1. The van der Waals surface area contributed by atoms with E-state index >= 15 is 0 Å². The maximum Gasteiger partial charge on any atom is 0.269 e. The highest BCUT2D eigenvalue weighted by atomic mass is 32.2. The van der Waals surface area contributed by atoms with Crippen molar-refractivity contribution in [3.63, 3.8) is 0 Å². The summed E-state index contributed by atoms with van der Waals surface area (Å²) in [7, 11) is 1.53. The fourth-order valence-electron chi connectivity index (χ4n) is 1.69. The number of carbonyl (C=O) groups excluding carboxylic acids is 2. The minimum Gasteiger partial charge on any atom is -0.325 e. The molecule has 21 heavy (non-hydrogen) atoms. The van der Waals surface area contributed by atoms with Crippen molar-refractivity contribution in [2.24, 2.45) is 4.99 Å². The van der Waals surface area contributed by atoms with E-state index in [1.54, 1.807) is 0 Å². The second-order valence-electron chi connectivity index (χ2n) is 4.18. The van der Waals surface area contributed by atoms with Gasteiger partial charge in [-0.25, -0.2) is 0 Å². The highest BCUT2D eigenvalue weighted by Crippen LogP contribution is 2.23. The minimum atomic E-state index is -0.576. The number of nitrogens with one attached hydrogen (secondary N) is 2. The number of anilines is 1. The molecule has 1 atom stereocenters. The first-order valence-electron chi connectivity index (χ1n) is 5.98. The molecule has 1 fully saturated rings. The Morgan fingerprint density at radius 2 is 2.14 bits per heavy atom. The Morgan fingerprint density at radius 1 is 1.48 bits per heavy atom. The molecule has 0 spiro atoms. The summed E-state index contributed by atoms with van der Waals surface area (Å²) in [6, 6.07) is 5.49. The topological polar surface area (TPSA) is 114 Å². The van der Waals surface area contributed by atoms with Gasteiger partial charge in [0.15, 0.2) is 5.17 Å². The van der Waals surface area contributed by atoms with Gasteiger partial charge in [0.25, 0.3) is 5.69 Å². The van der Waals surface area contributed by atoms with Gasteiger partial charge in [0.2, 0.25) is 11.8 Å². The van der Waals surface area contributed by atoms with Crippen molar-refractivity contribution in [1.82, 2.24) is 5.32 Å². The molecule has 1 aromatic carbocycles. The molecule has 1 aromatic rings. The summed E-state index contributed by atoms with van der Waals surface area (Å²) in [5.41, 5.74) is 0.381. The summed E-state index contributed by atoms with van der Waals surface area (Å²) < 4.78 is 0. The summed E-state index contributed by atoms with van der Waals surface area (Å²) in [6.45, 7) is 0. The number of nitrogens with zero attached hydrogens (tertiary/aromatic N) is 2. The second kappa shape index (κ2) is 6.35. The van der Waals surface area contributed by atoms with Gasteiger partial charge in [-0.1, -0.05) is 11.8 Å². The molecule has 0 saturated carbocycles. The average molecular weight is 308 g/mol. The van der Waals surface area contributed by atoms with Crippen LogP contribution in [0.5, 0.6) is 0 Å². The van der Waals surface area contributed by atoms with E-state index in [0.29, 0.717) is 10.9 Å². The van der Waals surface area contributed by atoms with Gasteiger partial charge < -0.3 is 10.6 Å². The molecule has 0 aliphatic carbocycles. The van der Waals surface area contributed by atoms with Crippen LogP contribution in [0.25, 0.3) is 0 Å². The van der Waals surface area contributed by atoms with Gasteiger partial charge in [0.1, 0.15) is 5.25 Å². The molecule has 0 aromatic heterocycles. The number of nitro groups is 1. The number of aliphatic imine (C=N–C) groups is 1. The average Bonchev–Trinajstić information content (AvgIpc) is 2.47. The molecular formula is C12H12N4O4S. The highest BCUT2D eigenvalue weighted by molar-refractivity contribution is 8.15. The van der Waals surface area contributed by atoms with E-state index in [1.165, 1.54) is 43.1 Å². The molecule has 1 aliphatic rings. The monoisotopic (exact) mass is 308 g/mol. The van der Waals surface area contributed by atoms with Crippen molar-refractivity contribution >= 4 is 40.1 Å². The molecule has 0 bridgehead atoms. The number of non-ortho nitro benzene ring substituents is 1. The third kappa shape index (κ3) is 3.78. The van der Waals surface area contributed by atoms with Crippen LogP contribution in [0.1, 0.15) is 6.42 Å². The maximum absolute atomic E-state index is 12.1. The minimum absolute atomic E-state index is 0.0557. The van der Waals surface area contributed by atoms with Crippen LogP contribution in [0.3, 0.4) is 0 Å². The molecule has 9 heteroatoms. The number of amides is 2. The molecule has 2 rings (SSSR count). The molecule has 1 aliphatic heterocycles. The maximum atomic E-state index is 12.1. The lowest BCUT2D eigenvalue weighted by Crippen LogP contribution is -2.41. The predicted octanol–water partition coefficient (Wildman–Crippen LogP) is 1.14. The zero-order valence-corrected chi connectivity index (χ0v) is 11.8. The summed E-state index contributed by atoms with van der Waals surface area (Å²) >= 11 is 1.17. The second-order valence-corrected chi connectivity index (χ2v) is 5.37. The number of benzene rings is 1. The lowest BCUT2D eigenvalue weighted by molar-refractivity contribution is -0.384. The van der Waals surface area contributed by atoms with Crippen LogP contribution in [-0.2, 0) is 9.59 Å². The zero-order chi connectivity index (χ0) is 15.4. The smallest absolute Gasteiger partial charge is 0.269 e. The summed E-state index contributed by atoms with van der Waals surface area (Å²) in [5, 5.41) is 15.5. The molecule has 1 heterocycles. The number of nitro benzene ring substituents is 1. The van der Waals surface area contributed by atoms with E-state index in [-0.39, 0.29) is 23.9 Å². The summed E-state index contributed by atoms with van der Waals surface area (Å²) in [4.78, 5) is 37.4. The van der Waals surface area contributed by atoms with Crippen molar-refractivity contribution in [3.8, 4) is 0 Å². The Balaban J connectivity index is 2.03. The highest BCUT2D eigenvalue weighted by Gasteiger charge is 2.29. The zero-order valence-electron chi connectivity index (χ0n) is 11.0. The van der Waals surface area contributed by atoms with Crippen LogP contribution >= 0.6 is 11.8 Å². The standard InChI is InChI=1S/C12H12N4O4S/c1-13-12-15-10(17)6-9(21-12)11(18)14-7-2-4-8(5-3-7)16(19)20/h2-5,9H,6H2,1H3,(H,14,18)(H,13,15,17)/t9-/m1/s1. The normalized spacial score (nSPS) is 20.0. The Morgan fingerprint density at radius 3 is 2.71 bits per heavy atom. The van der Waals surface area contributed by atoms with E-state index < -0.39 is 10.2 Å². The molecule has 8 nitrogen and oxygen atoms in total. The van der Waals surface area contributed by atoms with Crippen molar-refractivity contribution < 1.29 is 14.5 Å². The molecule has 0 radical (unpaired) electrons. The third-order valence-electron chi connectivity index (χ3n) is 2.71. The number of hydrogen-bond acceptors (Lipinski definition) is 6. The van der Waals surface area contributed by atoms with E-state index in [2.05, 4.69) is 15.6 Å². The lowest BCUT2D eigenvalue weighted by atomic mass is 10.2. The van der Waals surface area contributed by atoms with Gasteiger partial charge in [-0.15, -0.1) is 0 Å². The SMILES string of the molecule is CN=C1NC(=O)C[C@H](C(=O)Nc2ccc([N+](=O)[O-])cc2)S1. The number of carbonyl (C=O) groups is 2. The Kier molecular flexibility index (Phi) is 4.53. The fraction of sp³-hybridized carbons (Fsp3) is 0.250. The van der Waals surface area contributed by atoms with Gasteiger partial charge in [0.05, 0.1) is 4.92 Å². The first kappa shape index (κ1) is 15.0. The third-order valence-corrected chi connectivity index (χ3v) is 3.89. The Hall–Kier alpha value is -2.42. The van der Waals surface area contributed by atoms with Gasteiger partial charge in [-0.2, -0.15) is 0 Å². The quantitative estimate of drug-likeness (QED) is 0.642. The van der Waals surface area contributed by atoms with Crippen LogP contribution in [0.2, 0.25) is 0 Å². The first-order chi connectivity index (χ1) is 9.99. The van der Waals surface area contributed by atoms with E-state index in [1.807, 2.05) is 0 Å². The summed E-state index contributed by atoms with van der Waals surface area (Å²) in [5.74, 6) is -0.608. The number of rotatable bonds is 3. The van der Waals surface area contributed by atoms with Gasteiger partial charge in [-0.05, 0) is 12.1 Å². The summed E-state index contributed by atoms with van der Waals surface area (Å²) in [6.07, 6.45) is 0.0580. The number of amidine groups is 1. The van der Waals surface area contributed by atoms with Crippen molar-refractivity contribution in [1.29, 1.82) is 0 Å². The molecule has 1 saturated heterocycles. The molecular weight excluding hydrogens is 296 g/mol. The van der Waals surface area contributed by atoms with Crippen LogP contribution < -0.4 is 10.6 Å². The fourth-order valence-corrected chi connectivity index (χ4v) is 2.64. The molecule has 110 valence electrons. The van der Waals surface area contributed by atoms with Gasteiger partial charge in [0, 0.05) is 31.3 Å². The molecule has 2 amide bonds. The molecule has 0 unspecified atom stereocenters. The van der Waals surface area contributed by atoms with Crippen LogP contribution in [0.4, 0.5) is 11.4 Å². The first-order valence-corrected chi connectivity index (χ1v) is 6.86. The largest absolute Gasteiger partial charge is 0.325 e.